The summed E-state index contributed by atoms with van der Waals surface area (Å²) in [5.41, 5.74) is 2.11. The fourth-order valence-electron chi connectivity index (χ4n) is 3.17. The zero-order valence-corrected chi connectivity index (χ0v) is 14.3. The first-order valence-electron chi connectivity index (χ1n) is 8.38. The predicted octanol–water partition coefficient (Wildman–Crippen LogP) is 3.19. The van der Waals surface area contributed by atoms with Gasteiger partial charge in [-0.25, -0.2) is 4.79 Å². The molecule has 0 atom stereocenters. The third-order valence-electron chi connectivity index (χ3n) is 4.60. The number of ether oxygens (including phenoxy) is 1. The number of hydrogen-bond acceptors (Lipinski definition) is 4. The summed E-state index contributed by atoms with van der Waals surface area (Å²) in [7, 11) is 3.92. The van der Waals surface area contributed by atoms with Crippen molar-refractivity contribution >= 4 is 11.7 Å². The van der Waals surface area contributed by atoms with E-state index in [0.29, 0.717) is 5.56 Å². The predicted molar refractivity (Wildman–Crippen MR) is 96.4 cm³/mol. The van der Waals surface area contributed by atoms with Crippen LogP contribution < -0.4 is 10.2 Å². The van der Waals surface area contributed by atoms with Crippen LogP contribution in [0, 0.1) is 0 Å². The Labute approximate surface area is 143 Å². The molecule has 1 N–H and O–H groups in total. The highest BCUT2D eigenvalue weighted by atomic mass is 16.6. The van der Waals surface area contributed by atoms with E-state index in [0.717, 1.165) is 37.2 Å². The summed E-state index contributed by atoms with van der Waals surface area (Å²) in [5.74, 6) is -0.260. The van der Waals surface area contributed by atoms with E-state index in [1.807, 2.05) is 61.5 Å². The molecule has 0 bridgehead atoms. The second kappa shape index (κ2) is 7.05. The minimum atomic E-state index is -0.544. The molecule has 4 heteroatoms. The van der Waals surface area contributed by atoms with Crippen molar-refractivity contribution in [1.82, 2.24) is 5.32 Å². The smallest absolute Gasteiger partial charge is 0.339 e. The van der Waals surface area contributed by atoms with Crippen LogP contribution in [0.1, 0.15) is 28.8 Å². The topological polar surface area (TPSA) is 41.6 Å². The molecule has 1 heterocycles. The second-order valence-corrected chi connectivity index (χ2v) is 6.44. The summed E-state index contributed by atoms with van der Waals surface area (Å²) < 4.78 is 6.09. The van der Waals surface area contributed by atoms with E-state index >= 15 is 0 Å². The number of carbonyl (C=O) groups excluding carboxylic acids is 1. The van der Waals surface area contributed by atoms with Crippen molar-refractivity contribution < 1.29 is 9.53 Å². The first-order chi connectivity index (χ1) is 11.6. The van der Waals surface area contributed by atoms with Crippen LogP contribution in [0.25, 0.3) is 0 Å². The van der Waals surface area contributed by atoms with E-state index in [9.17, 15) is 4.79 Å². The molecule has 126 valence electrons. The van der Waals surface area contributed by atoms with E-state index in [2.05, 4.69) is 17.4 Å². The number of anilines is 1. The Hall–Kier alpha value is -2.33. The van der Waals surface area contributed by atoms with Gasteiger partial charge in [0, 0.05) is 32.6 Å². The van der Waals surface area contributed by atoms with E-state index in [-0.39, 0.29) is 5.97 Å². The maximum atomic E-state index is 12.8. The Morgan fingerprint density at radius 3 is 2.42 bits per heavy atom. The van der Waals surface area contributed by atoms with Gasteiger partial charge in [-0.3, -0.25) is 0 Å². The first kappa shape index (κ1) is 16.5. The van der Waals surface area contributed by atoms with Crippen LogP contribution in [0.3, 0.4) is 0 Å². The molecular weight excluding hydrogens is 300 g/mol. The van der Waals surface area contributed by atoms with E-state index in [1.165, 1.54) is 0 Å². The van der Waals surface area contributed by atoms with E-state index in [1.54, 1.807) is 0 Å². The second-order valence-electron chi connectivity index (χ2n) is 6.44. The number of carbonyl (C=O) groups is 1. The number of benzene rings is 2. The van der Waals surface area contributed by atoms with Crippen LogP contribution in [-0.2, 0) is 10.3 Å². The van der Waals surface area contributed by atoms with Crippen LogP contribution in [0.5, 0.6) is 0 Å². The highest BCUT2D eigenvalue weighted by Gasteiger charge is 2.38. The molecule has 24 heavy (non-hydrogen) atoms. The van der Waals surface area contributed by atoms with E-state index < -0.39 is 5.60 Å². The molecule has 0 aliphatic carbocycles. The number of rotatable bonds is 4. The van der Waals surface area contributed by atoms with Crippen LogP contribution in [0.15, 0.2) is 54.6 Å². The highest BCUT2D eigenvalue weighted by Crippen LogP contribution is 2.35. The van der Waals surface area contributed by atoms with Crippen LogP contribution >= 0.6 is 0 Å². The Bertz CT molecular complexity index is 692. The van der Waals surface area contributed by atoms with Crippen molar-refractivity contribution in [3.63, 3.8) is 0 Å². The third-order valence-corrected chi connectivity index (χ3v) is 4.60. The van der Waals surface area contributed by atoms with Gasteiger partial charge in [-0.05, 0) is 36.9 Å². The van der Waals surface area contributed by atoms with Gasteiger partial charge in [0.25, 0.3) is 0 Å². The molecule has 0 aromatic heterocycles. The molecule has 0 radical (unpaired) electrons. The van der Waals surface area contributed by atoms with Gasteiger partial charge in [0.15, 0.2) is 0 Å². The number of esters is 1. The van der Waals surface area contributed by atoms with Gasteiger partial charge in [0.05, 0.1) is 5.56 Å². The summed E-state index contributed by atoms with van der Waals surface area (Å²) in [6.07, 6.45) is 1.58. The van der Waals surface area contributed by atoms with Gasteiger partial charge in [0.2, 0.25) is 0 Å². The van der Waals surface area contributed by atoms with Crippen molar-refractivity contribution in [2.75, 3.05) is 32.1 Å². The number of nitrogens with zero attached hydrogens (tertiary/aromatic N) is 1. The lowest BCUT2D eigenvalue weighted by molar-refractivity contribution is -0.0378. The average Bonchev–Trinajstić information content (AvgIpc) is 2.63. The summed E-state index contributed by atoms with van der Waals surface area (Å²) >= 11 is 0. The van der Waals surface area contributed by atoms with Crippen LogP contribution in [0.4, 0.5) is 5.69 Å². The molecule has 1 saturated heterocycles. The van der Waals surface area contributed by atoms with Crippen molar-refractivity contribution in [2.24, 2.45) is 0 Å². The number of nitrogens with one attached hydrogen (secondary N) is 1. The molecule has 1 aliphatic heterocycles. The molecule has 1 aliphatic rings. The summed E-state index contributed by atoms with van der Waals surface area (Å²) in [6.45, 7) is 1.69. The summed E-state index contributed by atoms with van der Waals surface area (Å²) in [5, 5.41) is 3.35. The quantitative estimate of drug-likeness (QED) is 0.877. The lowest BCUT2D eigenvalue weighted by atomic mass is 9.84. The van der Waals surface area contributed by atoms with E-state index in [4.69, 9.17) is 4.74 Å². The van der Waals surface area contributed by atoms with Gasteiger partial charge in [-0.15, -0.1) is 0 Å². The maximum absolute atomic E-state index is 12.8. The largest absolute Gasteiger partial charge is 0.450 e. The summed E-state index contributed by atoms with van der Waals surface area (Å²) in [6, 6.07) is 17.7. The Kier molecular flexibility index (Phi) is 4.86. The SMILES string of the molecule is CN(C)c1cccc(C(=O)OC2(c3ccccc3)CCNCC2)c1. The maximum Gasteiger partial charge on any atom is 0.339 e. The van der Waals surface area contributed by atoms with Gasteiger partial charge in [0.1, 0.15) is 5.60 Å². The highest BCUT2D eigenvalue weighted by molar-refractivity contribution is 5.91. The Morgan fingerprint density at radius 1 is 1.04 bits per heavy atom. The third kappa shape index (κ3) is 3.44. The van der Waals surface area contributed by atoms with Gasteiger partial charge < -0.3 is 15.0 Å². The fourth-order valence-corrected chi connectivity index (χ4v) is 3.17. The minimum Gasteiger partial charge on any atom is -0.450 e. The Morgan fingerprint density at radius 2 is 1.75 bits per heavy atom. The van der Waals surface area contributed by atoms with Crippen LogP contribution in [-0.4, -0.2) is 33.2 Å². The lowest BCUT2D eigenvalue weighted by Crippen LogP contribution is -2.43. The molecule has 0 spiro atoms. The normalized spacial score (nSPS) is 16.4. The number of piperidine rings is 1. The van der Waals surface area contributed by atoms with Crippen molar-refractivity contribution in [2.45, 2.75) is 18.4 Å². The molecule has 1 fully saturated rings. The Balaban J connectivity index is 1.88. The molecule has 4 nitrogen and oxygen atoms in total. The van der Waals surface area contributed by atoms with Crippen LogP contribution in [0.2, 0.25) is 0 Å². The monoisotopic (exact) mass is 324 g/mol. The van der Waals surface area contributed by atoms with Crippen molar-refractivity contribution in [3.8, 4) is 0 Å². The molecule has 2 aromatic rings. The van der Waals surface area contributed by atoms with Gasteiger partial charge >= 0.3 is 5.97 Å². The van der Waals surface area contributed by atoms with Crippen molar-refractivity contribution in [1.29, 1.82) is 0 Å². The lowest BCUT2D eigenvalue weighted by Gasteiger charge is -2.37. The average molecular weight is 324 g/mol. The molecule has 3 rings (SSSR count). The van der Waals surface area contributed by atoms with Gasteiger partial charge in [-0.2, -0.15) is 0 Å². The fraction of sp³-hybridized carbons (Fsp3) is 0.350. The zero-order valence-electron chi connectivity index (χ0n) is 14.3. The zero-order chi connectivity index (χ0) is 17.0. The standard InChI is InChI=1S/C20H24N2O2/c1-22(2)18-10-6-7-16(15-18)19(23)24-20(11-13-21-14-12-20)17-8-4-3-5-9-17/h3-10,15,21H,11-14H2,1-2H3. The number of hydrogen-bond donors (Lipinski definition) is 1. The first-order valence-corrected chi connectivity index (χ1v) is 8.38. The molecular formula is C20H24N2O2. The van der Waals surface area contributed by atoms with Crippen molar-refractivity contribution in [3.05, 3.63) is 65.7 Å². The molecule has 2 aromatic carbocycles. The van der Waals surface area contributed by atoms with Gasteiger partial charge in [-0.1, -0.05) is 36.4 Å². The molecule has 0 unspecified atom stereocenters. The summed E-state index contributed by atoms with van der Waals surface area (Å²) in [4.78, 5) is 14.8. The molecule has 0 amide bonds. The molecule has 0 saturated carbocycles. The minimum absolute atomic E-state index is 0.260.